The molecule has 19 heteroatoms. The second-order valence-electron chi connectivity index (χ2n) is 5.18. The molecular weight excluding hydrogens is 457 g/mol. The summed E-state index contributed by atoms with van der Waals surface area (Å²) in [6, 6.07) is 1.37. The highest BCUT2D eigenvalue weighted by Crippen LogP contribution is 2.43. The van der Waals surface area contributed by atoms with E-state index in [1.54, 1.807) is 0 Å². The number of carbonyl (C=O) groups excluding carboxylic acids is 1. The van der Waals surface area contributed by atoms with E-state index in [0.29, 0.717) is 0 Å². The molecule has 10 N–H and O–H groups in total. The Hall–Kier alpha value is -1.46. The predicted molar refractivity (Wildman–Crippen MR) is 97.1 cm³/mol. The maximum Gasteiger partial charge on any atom is 0.331 e. The molecule has 29 heavy (non-hydrogen) atoms. The van der Waals surface area contributed by atoms with Crippen molar-refractivity contribution in [1.82, 2.24) is 5.01 Å². The minimum Gasteiger partial charge on any atom is -0.395 e. The summed E-state index contributed by atoms with van der Waals surface area (Å²) in [5.74, 6) is 4.33. The standard InChI is InChI=1S/C10H19N6O10P3/c11-1-3(12)5(13)6(14)9(19)16(15)10-8(18)7(17)4(24-10)2-23-28(21)26-29(22)25-27-20/h4,7-8,10,12,17-18,20,27-29H,2,13-15H2/b6-5+,12-3?. The Morgan fingerprint density at radius 3 is 2.45 bits per heavy atom. The van der Waals surface area contributed by atoms with Gasteiger partial charge in [0.15, 0.2) is 21.0 Å². The summed E-state index contributed by atoms with van der Waals surface area (Å²) >= 11 is 0. The Balaban J connectivity index is 2.75. The van der Waals surface area contributed by atoms with Crippen LogP contribution in [-0.4, -0.2) is 62.9 Å². The van der Waals surface area contributed by atoms with Crippen LogP contribution in [0.2, 0.25) is 0 Å². The fourth-order valence-corrected chi connectivity index (χ4v) is 3.89. The maximum atomic E-state index is 12.2. The van der Waals surface area contributed by atoms with E-state index in [2.05, 4.69) is 8.62 Å². The molecule has 1 amide bonds. The molecule has 1 rings (SSSR count). The molecule has 1 fully saturated rings. The van der Waals surface area contributed by atoms with E-state index >= 15 is 0 Å². The first kappa shape index (κ1) is 25.6. The molecule has 0 aliphatic carbocycles. The minimum atomic E-state index is -3.36. The lowest BCUT2D eigenvalue weighted by atomic mass is 10.1. The van der Waals surface area contributed by atoms with Crippen LogP contribution in [-0.2, 0) is 31.8 Å². The number of hydrazine groups is 1. The molecule has 16 nitrogen and oxygen atoms in total. The molecule has 0 spiro atoms. The van der Waals surface area contributed by atoms with Gasteiger partial charge in [-0.05, 0) is 0 Å². The monoisotopic (exact) mass is 476 g/mol. The van der Waals surface area contributed by atoms with Crippen LogP contribution in [0.5, 0.6) is 0 Å². The first-order valence-corrected chi connectivity index (χ1v) is 10.6. The van der Waals surface area contributed by atoms with Crippen molar-refractivity contribution in [3.8, 4) is 6.07 Å². The largest absolute Gasteiger partial charge is 0.395 e. The second kappa shape index (κ2) is 11.7. The van der Waals surface area contributed by atoms with Gasteiger partial charge in [0.2, 0.25) is 0 Å². The lowest BCUT2D eigenvalue weighted by molar-refractivity contribution is -0.149. The summed E-state index contributed by atoms with van der Waals surface area (Å²) in [4.78, 5) is 20.6. The number of ether oxygens (including phenoxy) is 1. The molecule has 0 aromatic heterocycles. The molecule has 0 radical (unpaired) electrons. The molecule has 7 unspecified atom stereocenters. The van der Waals surface area contributed by atoms with Gasteiger partial charge in [0.05, 0.1) is 12.3 Å². The summed E-state index contributed by atoms with van der Waals surface area (Å²) < 4.78 is 41.0. The zero-order valence-electron chi connectivity index (χ0n) is 14.3. The molecule has 0 aromatic rings. The fourth-order valence-electron chi connectivity index (χ4n) is 1.97. The number of hydrogen-bond acceptors (Lipinski definition) is 15. The van der Waals surface area contributed by atoms with E-state index in [-0.39, 0.29) is 5.01 Å². The highest BCUT2D eigenvalue weighted by Gasteiger charge is 2.47. The van der Waals surface area contributed by atoms with Gasteiger partial charge in [0.25, 0.3) is 5.91 Å². The summed E-state index contributed by atoms with van der Waals surface area (Å²) in [5.41, 5.74) is 8.61. The zero-order chi connectivity index (χ0) is 22.3. The van der Waals surface area contributed by atoms with Gasteiger partial charge in [-0.2, -0.15) is 5.26 Å². The lowest BCUT2D eigenvalue weighted by Crippen LogP contribution is -2.53. The van der Waals surface area contributed by atoms with Crippen LogP contribution >= 0.6 is 25.5 Å². The number of aliphatic hydroxyl groups is 2. The molecule has 0 saturated carbocycles. The van der Waals surface area contributed by atoms with Gasteiger partial charge >= 0.3 is 16.5 Å². The number of nitrogens with one attached hydrogen (secondary N) is 1. The Kier molecular flexibility index (Phi) is 10.3. The normalized spacial score (nSPS) is 27.3. The van der Waals surface area contributed by atoms with Crippen LogP contribution in [0.1, 0.15) is 0 Å². The molecule has 7 atom stereocenters. The average molecular weight is 476 g/mol. The van der Waals surface area contributed by atoms with Crippen LogP contribution < -0.4 is 17.3 Å². The topological polar surface area (TPSA) is 278 Å². The third-order valence-electron chi connectivity index (χ3n) is 3.41. The van der Waals surface area contributed by atoms with Gasteiger partial charge in [-0.1, -0.05) is 0 Å². The minimum absolute atomic E-state index is 0.287. The van der Waals surface area contributed by atoms with Crippen molar-refractivity contribution < 1.29 is 46.9 Å². The number of amides is 1. The number of nitrogens with two attached hydrogens (primary N) is 3. The second-order valence-corrected chi connectivity index (χ2v) is 8.28. The van der Waals surface area contributed by atoms with Crippen LogP contribution in [0.4, 0.5) is 0 Å². The van der Waals surface area contributed by atoms with E-state index in [1.807, 2.05) is 0 Å². The van der Waals surface area contributed by atoms with Crippen molar-refractivity contribution in [2.45, 2.75) is 24.5 Å². The van der Waals surface area contributed by atoms with Gasteiger partial charge in [0.1, 0.15) is 30.1 Å². The number of aliphatic hydroxyl groups excluding tert-OH is 2. The van der Waals surface area contributed by atoms with Crippen molar-refractivity contribution in [3.05, 3.63) is 11.4 Å². The summed E-state index contributed by atoms with van der Waals surface area (Å²) in [6.07, 6.45) is -6.38. The quantitative estimate of drug-likeness (QED) is 0.0417. The average Bonchev–Trinajstić information content (AvgIpc) is 2.97. The number of rotatable bonds is 10. The van der Waals surface area contributed by atoms with Gasteiger partial charge < -0.3 is 35.8 Å². The highest BCUT2D eigenvalue weighted by molar-refractivity contribution is 7.51. The van der Waals surface area contributed by atoms with E-state index < -0.39 is 79.7 Å². The van der Waals surface area contributed by atoms with Crippen LogP contribution in [0, 0.1) is 16.7 Å². The van der Waals surface area contributed by atoms with E-state index in [1.165, 1.54) is 6.07 Å². The number of nitrogens with zero attached hydrogens (tertiary/aromatic N) is 2. The molecule has 1 heterocycles. The SMILES string of the molecule is N#CC(=N)/C(N)=C(\N)C(=O)N(N)C1OC(CO[PH](=O)O[PH](=O)OPO)C(O)C1O. The van der Waals surface area contributed by atoms with Crippen LogP contribution in [0.15, 0.2) is 11.4 Å². The summed E-state index contributed by atoms with van der Waals surface area (Å²) in [6.45, 7) is -0.627. The molecular formula is C10H19N6O10P3. The zero-order valence-corrected chi connectivity index (χ0v) is 17.3. The molecule has 164 valence electrons. The molecule has 1 aliphatic rings. The van der Waals surface area contributed by atoms with Gasteiger partial charge in [-0.3, -0.25) is 23.6 Å². The molecule has 1 aliphatic heterocycles. The van der Waals surface area contributed by atoms with Crippen molar-refractivity contribution in [1.29, 1.82) is 10.7 Å². The third kappa shape index (κ3) is 6.78. The molecule has 1 saturated heterocycles. The molecule has 0 bridgehead atoms. The summed E-state index contributed by atoms with van der Waals surface area (Å²) in [7, 11) is -7.76. The van der Waals surface area contributed by atoms with Crippen LogP contribution in [0.3, 0.4) is 0 Å². The number of allylic oxidation sites excluding steroid dienone is 1. The predicted octanol–water partition coefficient (Wildman–Crippen LogP) is -2.86. The first-order chi connectivity index (χ1) is 13.5. The van der Waals surface area contributed by atoms with Gasteiger partial charge in [-0.25, -0.2) is 15.2 Å². The smallest absolute Gasteiger partial charge is 0.331 e. The summed E-state index contributed by atoms with van der Waals surface area (Å²) in [5, 5.41) is 36.1. The van der Waals surface area contributed by atoms with E-state index in [9.17, 15) is 24.1 Å². The van der Waals surface area contributed by atoms with Crippen LogP contribution in [0.25, 0.3) is 0 Å². The van der Waals surface area contributed by atoms with Crippen molar-refractivity contribution in [2.24, 2.45) is 17.3 Å². The number of carbonyl (C=O) groups is 1. The lowest BCUT2D eigenvalue weighted by Gasteiger charge is -2.26. The van der Waals surface area contributed by atoms with Crippen molar-refractivity contribution >= 4 is 37.2 Å². The first-order valence-electron chi connectivity index (χ1n) is 7.33. The van der Waals surface area contributed by atoms with Crippen molar-refractivity contribution in [3.63, 3.8) is 0 Å². The maximum absolute atomic E-state index is 12.2. The number of nitriles is 1. The van der Waals surface area contributed by atoms with Crippen molar-refractivity contribution in [2.75, 3.05) is 6.61 Å². The highest BCUT2D eigenvalue weighted by atomic mass is 31.2. The third-order valence-corrected chi connectivity index (χ3v) is 6.18. The van der Waals surface area contributed by atoms with E-state index in [4.69, 9.17) is 42.1 Å². The Morgan fingerprint density at radius 2 is 1.90 bits per heavy atom. The Bertz CT molecular complexity index is 759. The Labute approximate surface area is 166 Å². The van der Waals surface area contributed by atoms with Gasteiger partial charge in [0, 0.05) is 0 Å². The number of hydrogen-bond donors (Lipinski definition) is 7. The van der Waals surface area contributed by atoms with E-state index in [0.717, 1.165) is 0 Å². The fraction of sp³-hybridized carbons (Fsp3) is 0.500. The van der Waals surface area contributed by atoms with Gasteiger partial charge in [-0.15, -0.1) is 0 Å². The Morgan fingerprint density at radius 1 is 1.28 bits per heavy atom. The molecule has 0 aromatic carbocycles.